The first-order chi connectivity index (χ1) is 10.5. The molecule has 2 rings (SSSR count). The second-order valence-electron chi connectivity index (χ2n) is 4.64. The molecule has 1 atom stereocenters. The van der Waals surface area contributed by atoms with Gasteiger partial charge in [-0.15, -0.1) is 0 Å². The summed E-state index contributed by atoms with van der Waals surface area (Å²) >= 11 is 17.9. The van der Waals surface area contributed by atoms with Gasteiger partial charge in [-0.25, -0.2) is 0 Å². The fourth-order valence-corrected chi connectivity index (χ4v) is 2.44. The van der Waals surface area contributed by atoms with E-state index in [-0.39, 0.29) is 5.91 Å². The van der Waals surface area contributed by atoms with Gasteiger partial charge < -0.3 is 10.1 Å². The molecule has 0 heterocycles. The maximum Gasteiger partial charge on any atom is 0.261 e. The van der Waals surface area contributed by atoms with E-state index < -0.39 is 6.10 Å². The Bertz CT molecular complexity index is 676. The summed E-state index contributed by atoms with van der Waals surface area (Å²) in [7, 11) is 0. The first kappa shape index (κ1) is 16.9. The molecule has 2 aromatic rings. The van der Waals surface area contributed by atoms with E-state index in [1.54, 1.807) is 31.2 Å². The van der Waals surface area contributed by atoms with Crippen molar-refractivity contribution in [1.29, 1.82) is 0 Å². The lowest BCUT2D eigenvalue weighted by atomic mass is 10.2. The van der Waals surface area contributed by atoms with Crippen molar-refractivity contribution in [2.24, 2.45) is 0 Å². The van der Waals surface area contributed by atoms with Crippen molar-refractivity contribution < 1.29 is 9.53 Å². The van der Waals surface area contributed by atoms with Crippen LogP contribution in [0.4, 0.5) is 0 Å². The third-order valence-electron chi connectivity index (χ3n) is 2.98. The van der Waals surface area contributed by atoms with E-state index in [1.807, 2.05) is 18.2 Å². The molecule has 0 radical (unpaired) electrons. The molecule has 0 unspecified atom stereocenters. The van der Waals surface area contributed by atoms with E-state index >= 15 is 0 Å². The molecule has 22 heavy (non-hydrogen) atoms. The van der Waals surface area contributed by atoms with Crippen LogP contribution in [-0.4, -0.2) is 12.0 Å². The molecular weight excluding hydrogens is 345 g/mol. The summed E-state index contributed by atoms with van der Waals surface area (Å²) in [6.45, 7) is 1.98. The second kappa shape index (κ2) is 7.73. The smallest absolute Gasteiger partial charge is 0.261 e. The van der Waals surface area contributed by atoms with Gasteiger partial charge in [0.1, 0.15) is 5.75 Å². The average Bonchev–Trinajstić information content (AvgIpc) is 2.49. The van der Waals surface area contributed by atoms with Crippen LogP contribution in [0.5, 0.6) is 5.75 Å². The van der Waals surface area contributed by atoms with Crippen LogP contribution < -0.4 is 10.1 Å². The van der Waals surface area contributed by atoms with Crippen LogP contribution in [0, 0.1) is 0 Å². The summed E-state index contributed by atoms with van der Waals surface area (Å²) in [6, 6.07) is 12.2. The number of hydrogen-bond donors (Lipinski definition) is 1. The standard InChI is InChI=1S/C16H14Cl3NO2/c1-10(22-15-7-6-12(17)8-14(15)19)16(21)20-9-11-4-2-3-5-13(11)18/h2-8,10H,9H2,1H3,(H,20,21)/t10-/m0/s1. The van der Waals surface area contributed by atoms with Gasteiger partial charge >= 0.3 is 0 Å². The Labute approximate surface area is 144 Å². The molecule has 0 saturated heterocycles. The molecule has 0 spiro atoms. The van der Waals surface area contributed by atoms with Crippen molar-refractivity contribution in [1.82, 2.24) is 5.32 Å². The van der Waals surface area contributed by atoms with Gasteiger partial charge in [-0.05, 0) is 36.8 Å². The Morgan fingerprint density at radius 3 is 2.55 bits per heavy atom. The summed E-state index contributed by atoms with van der Waals surface area (Å²) in [6.07, 6.45) is -0.693. The maximum atomic E-state index is 12.1. The van der Waals surface area contributed by atoms with Crippen LogP contribution in [-0.2, 0) is 11.3 Å². The van der Waals surface area contributed by atoms with E-state index in [0.717, 1.165) is 5.56 Å². The Kier molecular flexibility index (Phi) is 5.95. The summed E-state index contributed by atoms with van der Waals surface area (Å²) in [5.74, 6) is 0.150. The number of amides is 1. The first-order valence-electron chi connectivity index (χ1n) is 6.60. The highest BCUT2D eigenvalue weighted by Gasteiger charge is 2.16. The van der Waals surface area contributed by atoms with Gasteiger partial charge in [-0.1, -0.05) is 53.0 Å². The summed E-state index contributed by atoms with van der Waals surface area (Å²) < 4.78 is 5.54. The summed E-state index contributed by atoms with van der Waals surface area (Å²) in [5.41, 5.74) is 0.842. The van der Waals surface area contributed by atoms with E-state index in [2.05, 4.69) is 5.32 Å². The SMILES string of the molecule is C[C@H](Oc1ccc(Cl)cc1Cl)C(=O)NCc1ccccc1Cl. The number of halogens is 3. The number of hydrogen-bond acceptors (Lipinski definition) is 2. The number of rotatable bonds is 5. The number of carbonyl (C=O) groups excluding carboxylic acids is 1. The maximum absolute atomic E-state index is 12.1. The Morgan fingerprint density at radius 2 is 1.86 bits per heavy atom. The fraction of sp³-hybridized carbons (Fsp3) is 0.188. The Morgan fingerprint density at radius 1 is 1.14 bits per heavy atom. The average molecular weight is 359 g/mol. The highest BCUT2D eigenvalue weighted by molar-refractivity contribution is 6.35. The Hall–Kier alpha value is -1.42. The number of benzene rings is 2. The highest BCUT2D eigenvalue weighted by Crippen LogP contribution is 2.28. The molecule has 116 valence electrons. The van der Waals surface area contributed by atoms with Crippen LogP contribution in [0.15, 0.2) is 42.5 Å². The van der Waals surface area contributed by atoms with E-state index in [1.165, 1.54) is 0 Å². The van der Waals surface area contributed by atoms with Crippen molar-refractivity contribution in [2.75, 3.05) is 0 Å². The lowest BCUT2D eigenvalue weighted by Crippen LogP contribution is -2.36. The number of ether oxygens (including phenoxy) is 1. The predicted molar refractivity (Wildman–Crippen MR) is 89.9 cm³/mol. The van der Waals surface area contributed by atoms with Crippen molar-refractivity contribution in [3.05, 3.63) is 63.1 Å². The largest absolute Gasteiger partial charge is 0.479 e. The predicted octanol–water partition coefficient (Wildman–Crippen LogP) is 4.73. The number of carbonyl (C=O) groups is 1. The zero-order valence-electron chi connectivity index (χ0n) is 11.8. The fourth-order valence-electron chi connectivity index (χ4n) is 1.78. The van der Waals surface area contributed by atoms with Gasteiger partial charge in [0.15, 0.2) is 6.10 Å². The molecule has 0 aromatic heterocycles. The summed E-state index contributed by atoms with van der Waals surface area (Å²) in [5, 5.41) is 4.25. The molecule has 2 aromatic carbocycles. The lowest BCUT2D eigenvalue weighted by molar-refractivity contribution is -0.127. The van der Waals surface area contributed by atoms with Gasteiger partial charge in [-0.3, -0.25) is 4.79 Å². The van der Waals surface area contributed by atoms with Crippen molar-refractivity contribution in [3.8, 4) is 5.75 Å². The van der Waals surface area contributed by atoms with Gasteiger partial charge in [0, 0.05) is 16.6 Å². The molecular formula is C16H14Cl3NO2. The topological polar surface area (TPSA) is 38.3 Å². The highest BCUT2D eigenvalue weighted by atomic mass is 35.5. The van der Waals surface area contributed by atoms with Gasteiger partial charge in [0.2, 0.25) is 0 Å². The normalized spacial score (nSPS) is 11.8. The van der Waals surface area contributed by atoms with Crippen molar-refractivity contribution >= 4 is 40.7 Å². The van der Waals surface area contributed by atoms with Crippen molar-refractivity contribution in [2.45, 2.75) is 19.6 Å². The molecule has 3 nitrogen and oxygen atoms in total. The molecule has 6 heteroatoms. The van der Waals surface area contributed by atoms with Crippen LogP contribution in [0.1, 0.15) is 12.5 Å². The first-order valence-corrected chi connectivity index (χ1v) is 7.73. The van der Waals surface area contributed by atoms with E-state index in [9.17, 15) is 4.79 Å². The summed E-state index contributed by atoms with van der Waals surface area (Å²) in [4.78, 5) is 12.1. The number of nitrogens with one attached hydrogen (secondary N) is 1. The second-order valence-corrected chi connectivity index (χ2v) is 5.89. The minimum absolute atomic E-state index is 0.258. The van der Waals surface area contributed by atoms with Gasteiger partial charge in [-0.2, -0.15) is 0 Å². The van der Waals surface area contributed by atoms with Crippen LogP contribution >= 0.6 is 34.8 Å². The molecule has 0 saturated carbocycles. The molecule has 0 aliphatic heterocycles. The third kappa shape index (κ3) is 4.54. The Balaban J connectivity index is 1.93. The molecule has 0 aliphatic rings. The zero-order chi connectivity index (χ0) is 16.1. The van der Waals surface area contributed by atoms with E-state index in [4.69, 9.17) is 39.5 Å². The minimum Gasteiger partial charge on any atom is -0.479 e. The molecule has 0 aliphatic carbocycles. The molecule has 1 N–H and O–H groups in total. The third-order valence-corrected chi connectivity index (χ3v) is 3.88. The zero-order valence-corrected chi connectivity index (χ0v) is 14.0. The van der Waals surface area contributed by atoms with Gasteiger partial charge in [0.25, 0.3) is 5.91 Å². The van der Waals surface area contributed by atoms with Gasteiger partial charge in [0.05, 0.1) is 5.02 Å². The van der Waals surface area contributed by atoms with Crippen molar-refractivity contribution in [3.63, 3.8) is 0 Å². The molecule has 0 fully saturated rings. The van der Waals surface area contributed by atoms with E-state index in [0.29, 0.717) is 27.4 Å². The monoisotopic (exact) mass is 357 g/mol. The van der Waals surface area contributed by atoms with Crippen LogP contribution in [0.2, 0.25) is 15.1 Å². The lowest BCUT2D eigenvalue weighted by Gasteiger charge is -2.16. The van der Waals surface area contributed by atoms with Crippen LogP contribution in [0.3, 0.4) is 0 Å². The quantitative estimate of drug-likeness (QED) is 0.839. The minimum atomic E-state index is -0.693. The molecule has 1 amide bonds. The molecule has 0 bridgehead atoms. The van der Waals surface area contributed by atoms with Crippen LogP contribution in [0.25, 0.3) is 0 Å².